The van der Waals surface area contributed by atoms with Crippen LogP contribution in [-0.2, 0) is 9.63 Å². The van der Waals surface area contributed by atoms with Crippen molar-refractivity contribution in [2.24, 2.45) is 5.90 Å². The molecule has 4 heteroatoms. The Kier molecular flexibility index (Phi) is 4.88. The van der Waals surface area contributed by atoms with Gasteiger partial charge < -0.3 is 10.2 Å². The third kappa shape index (κ3) is 4.29. The third-order valence-electron chi connectivity index (χ3n) is 1.07. The van der Waals surface area contributed by atoms with Gasteiger partial charge in [0.05, 0.1) is 12.6 Å². The van der Waals surface area contributed by atoms with Crippen LogP contribution >= 0.6 is 0 Å². The maximum Gasteiger partial charge on any atom is 0.220 e. The van der Waals surface area contributed by atoms with Gasteiger partial charge in [0.2, 0.25) is 5.91 Å². The number of hydrogen-bond donors (Lipinski definition) is 2. The molecule has 0 aliphatic carbocycles. The zero-order chi connectivity index (χ0) is 7.98. The Balaban J connectivity index is 3.37. The first-order valence-electron chi connectivity index (χ1n) is 3.31. The standard InChI is InChI=1S/C6H14N2O2/c1-3-6(9)8-5(2)4-10-7/h5H,3-4,7H2,1-2H3,(H,8,9). The molecule has 0 radical (unpaired) electrons. The average Bonchev–Trinajstić information content (AvgIpc) is 1.88. The van der Waals surface area contributed by atoms with Gasteiger partial charge >= 0.3 is 0 Å². The molecule has 60 valence electrons. The summed E-state index contributed by atoms with van der Waals surface area (Å²) in [5, 5.41) is 2.69. The van der Waals surface area contributed by atoms with Crippen LogP contribution in [0.1, 0.15) is 20.3 Å². The molecule has 1 atom stereocenters. The molecule has 3 N–H and O–H groups in total. The van der Waals surface area contributed by atoms with E-state index in [0.717, 1.165) is 0 Å². The topological polar surface area (TPSA) is 64.3 Å². The fourth-order valence-electron chi connectivity index (χ4n) is 0.563. The molecule has 0 aliphatic heterocycles. The van der Waals surface area contributed by atoms with Gasteiger partial charge in [0.25, 0.3) is 0 Å². The van der Waals surface area contributed by atoms with Crippen LogP contribution < -0.4 is 11.2 Å². The third-order valence-corrected chi connectivity index (χ3v) is 1.07. The molecular weight excluding hydrogens is 132 g/mol. The number of nitrogens with two attached hydrogens (primary N) is 1. The van der Waals surface area contributed by atoms with Crippen LogP contribution in [0.25, 0.3) is 0 Å². The zero-order valence-corrected chi connectivity index (χ0v) is 6.39. The van der Waals surface area contributed by atoms with Crippen molar-refractivity contribution in [1.29, 1.82) is 0 Å². The molecule has 0 fully saturated rings. The van der Waals surface area contributed by atoms with Gasteiger partial charge in [0.1, 0.15) is 0 Å². The van der Waals surface area contributed by atoms with Crippen molar-refractivity contribution in [3.8, 4) is 0 Å². The van der Waals surface area contributed by atoms with E-state index in [1.54, 1.807) is 6.92 Å². The van der Waals surface area contributed by atoms with E-state index in [-0.39, 0.29) is 11.9 Å². The summed E-state index contributed by atoms with van der Waals surface area (Å²) in [6.07, 6.45) is 0.495. The minimum atomic E-state index is -0.00236. The largest absolute Gasteiger partial charge is 0.351 e. The zero-order valence-electron chi connectivity index (χ0n) is 6.39. The van der Waals surface area contributed by atoms with Gasteiger partial charge in [0.15, 0.2) is 0 Å². The second kappa shape index (κ2) is 5.20. The lowest BCUT2D eigenvalue weighted by atomic mass is 10.3. The summed E-state index contributed by atoms with van der Waals surface area (Å²) < 4.78 is 0. The highest BCUT2D eigenvalue weighted by atomic mass is 16.6. The van der Waals surface area contributed by atoms with E-state index in [0.29, 0.717) is 13.0 Å². The highest BCUT2D eigenvalue weighted by molar-refractivity contribution is 5.75. The van der Waals surface area contributed by atoms with Gasteiger partial charge in [-0.1, -0.05) is 6.92 Å². The van der Waals surface area contributed by atoms with Crippen LogP contribution in [0, 0.1) is 0 Å². The van der Waals surface area contributed by atoms with Crippen molar-refractivity contribution in [1.82, 2.24) is 5.32 Å². The lowest BCUT2D eigenvalue weighted by Gasteiger charge is -2.10. The van der Waals surface area contributed by atoms with Gasteiger partial charge in [-0.05, 0) is 6.92 Å². The van der Waals surface area contributed by atoms with E-state index in [9.17, 15) is 4.79 Å². The number of carbonyl (C=O) groups is 1. The van der Waals surface area contributed by atoms with Gasteiger partial charge in [-0.3, -0.25) is 4.79 Å². The Bertz CT molecular complexity index is 106. The Morgan fingerprint density at radius 1 is 1.80 bits per heavy atom. The molecule has 0 aromatic heterocycles. The molecule has 10 heavy (non-hydrogen) atoms. The second-order valence-electron chi connectivity index (χ2n) is 2.16. The Morgan fingerprint density at radius 2 is 2.40 bits per heavy atom. The lowest BCUT2D eigenvalue weighted by molar-refractivity contribution is -0.121. The number of carbonyl (C=O) groups excluding carboxylic acids is 1. The van der Waals surface area contributed by atoms with Gasteiger partial charge in [-0.2, -0.15) is 0 Å². The molecule has 4 nitrogen and oxygen atoms in total. The number of rotatable bonds is 4. The first-order valence-corrected chi connectivity index (χ1v) is 3.31. The first-order chi connectivity index (χ1) is 4.70. The van der Waals surface area contributed by atoms with E-state index in [4.69, 9.17) is 5.90 Å². The summed E-state index contributed by atoms with van der Waals surface area (Å²) in [6.45, 7) is 3.98. The molecule has 0 aliphatic rings. The van der Waals surface area contributed by atoms with E-state index in [2.05, 4.69) is 10.2 Å². The summed E-state index contributed by atoms with van der Waals surface area (Å²) >= 11 is 0. The summed E-state index contributed by atoms with van der Waals surface area (Å²) in [5.74, 6) is 4.81. The minimum Gasteiger partial charge on any atom is -0.351 e. The molecule has 0 spiro atoms. The van der Waals surface area contributed by atoms with Crippen molar-refractivity contribution >= 4 is 5.91 Å². The Hall–Kier alpha value is -0.610. The molecule has 1 amide bonds. The molecule has 0 bridgehead atoms. The summed E-state index contributed by atoms with van der Waals surface area (Å²) in [6, 6.07) is -0.00236. The highest BCUT2D eigenvalue weighted by Gasteiger charge is 2.03. The first kappa shape index (κ1) is 9.39. The molecular formula is C6H14N2O2. The Labute approximate surface area is 60.7 Å². The molecule has 0 aromatic rings. The maximum absolute atomic E-state index is 10.7. The van der Waals surface area contributed by atoms with Crippen LogP contribution in [0.4, 0.5) is 0 Å². The van der Waals surface area contributed by atoms with Crippen molar-refractivity contribution in [3.63, 3.8) is 0 Å². The van der Waals surface area contributed by atoms with Crippen molar-refractivity contribution < 1.29 is 9.63 Å². The van der Waals surface area contributed by atoms with Crippen LogP contribution in [0.2, 0.25) is 0 Å². The summed E-state index contributed by atoms with van der Waals surface area (Å²) in [5.41, 5.74) is 0. The molecule has 0 heterocycles. The van der Waals surface area contributed by atoms with Crippen molar-refractivity contribution in [3.05, 3.63) is 0 Å². The maximum atomic E-state index is 10.7. The predicted octanol–water partition coefficient (Wildman–Crippen LogP) is -0.209. The van der Waals surface area contributed by atoms with Crippen LogP contribution in [0.5, 0.6) is 0 Å². The van der Waals surface area contributed by atoms with Crippen molar-refractivity contribution in [2.45, 2.75) is 26.3 Å². The molecule has 0 saturated heterocycles. The fraction of sp³-hybridized carbons (Fsp3) is 0.833. The van der Waals surface area contributed by atoms with Crippen LogP contribution in [0.3, 0.4) is 0 Å². The molecule has 0 rings (SSSR count). The van der Waals surface area contributed by atoms with Crippen LogP contribution in [-0.4, -0.2) is 18.6 Å². The van der Waals surface area contributed by atoms with E-state index in [1.807, 2.05) is 6.92 Å². The SMILES string of the molecule is CCC(=O)NC(C)CON. The van der Waals surface area contributed by atoms with E-state index < -0.39 is 0 Å². The summed E-state index contributed by atoms with van der Waals surface area (Å²) in [4.78, 5) is 15.0. The minimum absolute atomic E-state index is 0.00236. The van der Waals surface area contributed by atoms with Crippen molar-refractivity contribution in [2.75, 3.05) is 6.61 Å². The van der Waals surface area contributed by atoms with Gasteiger partial charge in [-0.15, -0.1) is 0 Å². The Morgan fingerprint density at radius 3 is 2.80 bits per heavy atom. The quantitative estimate of drug-likeness (QED) is 0.539. The normalized spacial score (nSPS) is 12.7. The molecule has 1 unspecified atom stereocenters. The molecule has 0 saturated carbocycles. The summed E-state index contributed by atoms with van der Waals surface area (Å²) in [7, 11) is 0. The van der Waals surface area contributed by atoms with Crippen LogP contribution in [0.15, 0.2) is 0 Å². The monoisotopic (exact) mass is 146 g/mol. The number of nitrogens with one attached hydrogen (secondary N) is 1. The average molecular weight is 146 g/mol. The molecule has 0 aromatic carbocycles. The number of hydrogen-bond acceptors (Lipinski definition) is 3. The highest BCUT2D eigenvalue weighted by Crippen LogP contribution is 1.82. The predicted molar refractivity (Wildman–Crippen MR) is 38.0 cm³/mol. The van der Waals surface area contributed by atoms with Gasteiger partial charge in [0, 0.05) is 6.42 Å². The second-order valence-corrected chi connectivity index (χ2v) is 2.16. The van der Waals surface area contributed by atoms with E-state index in [1.165, 1.54) is 0 Å². The smallest absolute Gasteiger partial charge is 0.220 e. The van der Waals surface area contributed by atoms with E-state index >= 15 is 0 Å². The lowest BCUT2D eigenvalue weighted by Crippen LogP contribution is -2.36. The fourth-order valence-corrected chi connectivity index (χ4v) is 0.563. The van der Waals surface area contributed by atoms with Gasteiger partial charge in [-0.25, -0.2) is 5.90 Å². The number of amides is 1.